The Morgan fingerprint density at radius 3 is 2.35 bits per heavy atom. The van der Waals surface area contributed by atoms with Crippen LogP contribution in [0.15, 0.2) is 84.9 Å². The number of fused-ring (bicyclic) bond motifs is 2. The topological polar surface area (TPSA) is 72.9 Å². The number of hydrogen-bond donors (Lipinski definition) is 0. The lowest BCUT2D eigenvalue weighted by Crippen LogP contribution is -2.41. The number of ether oxygens (including phenoxy) is 2. The van der Waals surface area contributed by atoms with Gasteiger partial charge in [-0.3, -0.25) is 14.4 Å². The molecule has 37 heavy (non-hydrogen) atoms. The molecule has 5 rings (SSSR count). The number of Topliss-reactive ketones (excluding diaryl/α,β-unsaturated/α-hetero) is 1. The molecule has 4 aromatic carbocycles. The molecule has 0 N–H and O–H groups in total. The van der Waals surface area contributed by atoms with E-state index in [0.29, 0.717) is 23.2 Å². The van der Waals surface area contributed by atoms with Gasteiger partial charge in [-0.25, -0.2) is 0 Å². The van der Waals surface area contributed by atoms with Crippen LogP contribution >= 0.6 is 0 Å². The number of esters is 1. The molecule has 6 nitrogen and oxygen atoms in total. The largest absolute Gasteiger partial charge is 0.497 e. The van der Waals surface area contributed by atoms with Crippen molar-refractivity contribution in [2.45, 2.75) is 19.3 Å². The van der Waals surface area contributed by atoms with Gasteiger partial charge in [-0.1, -0.05) is 54.6 Å². The van der Waals surface area contributed by atoms with Crippen LogP contribution in [0.25, 0.3) is 10.8 Å². The fourth-order valence-electron chi connectivity index (χ4n) is 4.58. The zero-order chi connectivity index (χ0) is 25.9. The summed E-state index contributed by atoms with van der Waals surface area (Å²) in [7, 11) is 1.64. The van der Waals surface area contributed by atoms with Crippen molar-refractivity contribution in [1.29, 1.82) is 0 Å². The molecular weight excluding hydrogens is 466 g/mol. The highest BCUT2D eigenvalue weighted by Gasteiger charge is 2.30. The van der Waals surface area contributed by atoms with Gasteiger partial charge in [0.2, 0.25) is 0 Å². The number of carbonyl (C=O) groups is 3. The SMILES string of the molecule is COc1ccc2cc(C(C)C(=O)OCCc3ccc(N4CC(=O)c5ccccc5C4=O)cc3)ccc2c1. The van der Waals surface area contributed by atoms with E-state index in [-0.39, 0.29) is 36.7 Å². The van der Waals surface area contributed by atoms with E-state index in [1.807, 2.05) is 67.6 Å². The standard InChI is InChI=1S/C31H27NO5/c1-20(22-9-10-24-18-26(36-2)14-11-23(24)17-22)31(35)37-16-15-21-7-12-25(13-8-21)32-19-29(33)27-5-3-4-6-28(27)30(32)34/h3-14,17-18,20H,15-16,19H2,1-2H3. The molecule has 6 heteroatoms. The summed E-state index contributed by atoms with van der Waals surface area (Å²) in [5.41, 5.74) is 3.43. The molecule has 0 saturated heterocycles. The molecule has 4 aromatic rings. The Bertz CT molecular complexity index is 1490. The number of carbonyl (C=O) groups excluding carboxylic acids is 3. The first-order chi connectivity index (χ1) is 17.9. The minimum absolute atomic E-state index is 0.0208. The van der Waals surface area contributed by atoms with Crippen molar-refractivity contribution in [3.63, 3.8) is 0 Å². The van der Waals surface area contributed by atoms with Gasteiger partial charge in [0.25, 0.3) is 5.91 Å². The summed E-state index contributed by atoms with van der Waals surface area (Å²) in [5.74, 6) is -0.132. The minimum Gasteiger partial charge on any atom is -0.497 e. The molecule has 0 fully saturated rings. The molecule has 0 aromatic heterocycles. The number of methoxy groups -OCH3 is 1. The number of hydrogen-bond acceptors (Lipinski definition) is 5. The number of nitrogens with zero attached hydrogens (tertiary/aromatic N) is 1. The van der Waals surface area contributed by atoms with Crippen molar-refractivity contribution < 1.29 is 23.9 Å². The zero-order valence-corrected chi connectivity index (χ0v) is 20.8. The second kappa shape index (κ2) is 10.3. The summed E-state index contributed by atoms with van der Waals surface area (Å²) in [4.78, 5) is 39.6. The highest BCUT2D eigenvalue weighted by atomic mass is 16.5. The lowest BCUT2D eigenvalue weighted by atomic mass is 9.97. The minimum atomic E-state index is -0.389. The average Bonchev–Trinajstić information content (AvgIpc) is 2.94. The fraction of sp³-hybridized carbons (Fsp3) is 0.194. The summed E-state index contributed by atoms with van der Waals surface area (Å²) in [6.07, 6.45) is 0.548. The Balaban J connectivity index is 1.18. The molecule has 1 unspecified atom stereocenters. The van der Waals surface area contributed by atoms with Gasteiger partial charge in [0.1, 0.15) is 5.75 Å². The molecule has 0 radical (unpaired) electrons. The van der Waals surface area contributed by atoms with Crippen molar-refractivity contribution in [3.8, 4) is 5.75 Å². The first-order valence-electron chi connectivity index (χ1n) is 12.2. The number of anilines is 1. The van der Waals surface area contributed by atoms with E-state index in [1.54, 1.807) is 31.4 Å². The normalized spacial score (nSPS) is 13.8. The van der Waals surface area contributed by atoms with Crippen LogP contribution in [0.2, 0.25) is 0 Å². The van der Waals surface area contributed by atoms with Crippen LogP contribution in [0.4, 0.5) is 5.69 Å². The summed E-state index contributed by atoms with van der Waals surface area (Å²) < 4.78 is 10.8. The van der Waals surface area contributed by atoms with Crippen molar-refractivity contribution in [2.75, 3.05) is 25.2 Å². The summed E-state index contributed by atoms with van der Waals surface area (Å²) >= 11 is 0. The summed E-state index contributed by atoms with van der Waals surface area (Å²) in [6, 6.07) is 26.1. The summed E-state index contributed by atoms with van der Waals surface area (Å²) in [6.45, 7) is 2.12. The van der Waals surface area contributed by atoms with Crippen molar-refractivity contribution >= 4 is 34.1 Å². The number of ketones is 1. The lowest BCUT2D eigenvalue weighted by Gasteiger charge is -2.27. The Labute approximate surface area is 215 Å². The lowest BCUT2D eigenvalue weighted by molar-refractivity contribution is -0.144. The average molecular weight is 494 g/mol. The zero-order valence-electron chi connectivity index (χ0n) is 20.8. The van der Waals surface area contributed by atoms with Gasteiger partial charge in [0, 0.05) is 17.7 Å². The second-order valence-electron chi connectivity index (χ2n) is 9.14. The maximum Gasteiger partial charge on any atom is 0.313 e. The van der Waals surface area contributed by atoms with Crippen molar-refractivity contribution in [2.24, 2.45) is 0 Å². The molecule has 0 spiro atoms. The maximum atomic E-state index is 12.9. The van der Waals surface area contributed by atoms with Gasteiger partial charge in [-0.2, -0.15) is 0 Å². The number of amides is 1. The van der Waals surface area contributed by atoms with Gasteiger partial charge in [-0.05, 0) is 59.2 Å². The molecule has 1 aliphatic rings. The Kier molecular flexibility index (Phi) is 6.73. The third-order valence-electron chi connectivity index (χ3n) is 6.81. The smallest absolute Gasteiger partial charge is 0.313 e. The fourth-order valence-corrected chi connectivity index (χ4v) is 4.58. The quantitative estimate of drug-likeness (QED) is 0.314. The van der Waals surface area contributed by atoms with Crippen molar-refractivity contribution in [3.05, 3.63) is 107 Å². The number of rotatable bonds is 7. The van der Waals surface area contributed by atoms with E-state index in [0.717, 1.165) is 27.6 Å². The molecule has 0 bridgehead atoms. The highest BCUT2D eigenvalue weighted by Crippen LogP contribution is 2.27. The predicted octanol–water partition coefficient (Wildman–Crippen LogP) is 5.58. The first kappa shape index (κ1) is 24.3. The van der Waals surface area contributed by atoms with Crippen LogP contribution < -0.4 is 9.64 Å². The van der Waals surface area contributed by atoms with E-state index in [1.165, 1.54) is 4.90 Å². The molecule has 1 heterocycles. The second-order valence-corrected chi connectivity index (χ2v) is 9.14. The molecule has 186 valence electrons. The van der Waals surface area contributed by atoms with Gasteiger partial charge in [0.05, 0.1) is 31.7 Å². The maximum absolute atomic E-state index is 12.9. The molecule has 0 saturated carbocycles. The Morgan fingerprint density at radius 1 is 0.892 bits per heavy atom. The van der Waals surface area contributed by atoms with Crippen LogP contribution in [-0.2, 0) is 16.0 Å². The van der Waals surface area contributed by atoms with E-state index in [2.05, 4.69) is 0 Å². The summed E-state index contributed by atoms with van der Waals surface area (Å²) in [5, 5.41) is 2.09. The van der Waals surface area contributed by atoms with Crippen LogP contribution in [-0.4, -0.2) is 37.9 Å². The molecule has 1 atom stereocenters. The first-order valence-corrected chi connectivity index (χ1v) is 12.2. The van der Waals surface area contributed by atoms with Crippen LogP contribution in [0.5, 0.6) is 5.75 Å². The third-order valence-corrected chi connectivity index (χ3v) is 6.81. The van der Waals surface area contributed by atoms with E-state index in [4.69, 9.17) is 9.47 Å². The number of benzene rings is 4. The highest BCUT2D eigenvalue weighted by molar-refractivity contribution is 6.20. The third kappa shape index (κ3) is 4.96. The van der Waals surface area contributed by atoms with Crippen LogP contribution in [0.3, 0.4) is 0 Å². The molecular formula is C31H27NO5. The van der Waals surface area contributed by atoms with E-state index < -0.39 is 0 Å². The molecule has 0 aliphatic carbocycles. The molecule has 1 amide bonds. The molecule has 1 aliphatic heterocycles. The van der Waals surface area contributed by atoms with Crippen LogP contribution in [0, 0.1) is 0 Å². The Morgan fingerprint density at radius 2 is 1.59 bits per heavy atom. The van der Waals surface area contributed by atoms with Crippen LogP contribution in [0.1, 0.15) is 44.7 Å². The monoisotopic (exact) mass is 493 g/mol. The van der Waals surface area contributed by atoms with E-state index in [9.17, 15) is 14.4 Å². The predicted molar refractivity (Wildman–Crippen MR) is 142 cm³/mol. The van der Waals surface area contributed by atoms with Gasteiger partial charge < -0.3 is 14.4 Å². The van der Waals surface area contributed by atoms with E-state index >= 15 is 0 Å². The van der Waals surface area contributed by atoms with Gasteiger partial charge >= 0.3 is 5.97 Å². The Hall–Kier alpha value is -4.45. The van der Waals surface area contributed by atoms with Gasteiger partial charge in [0.15, 0.2) is 5.78 Å². The van der Waals surface area contributed by atoms with Gasteiger partial charge in [-0.15, -0.1) is 0 Å². The van der Waals surface area contributed by atoms with Crippen molar-refractivity contribution in [1.82, 2.24) is 0 Å².